The summed E-state index contributed by atoms with van der Waals surface area (Å²) in [5.41, 5.74) is 2.29. The number of amides is 1. The van der Waals surface area contributed by atoms with Gasteiger partial charge in [0.1, 0.15) is 11.6 Å². The Morgan fingerprint density at radius 3 is 2.67 bits per heavy atom. The van der Waals surface area contributed by atoms with Crippen molar-refractivity contribution in [1.82, 2.24) is 15.0 Å². The van der Waals surface area contributed by atoms with Gasteiger partial charge in [-0.05, 0) is 36.2 Å². The van der Waals surface area contributed by atoms with Crippen molar-refractivity contribution in [2.75, 3.05) is 6.54 Å². The number of carbonyl (C=O) groups is 1. The molecule has 0 saturated carbocycles. The van der Waals surface area contributed by atoms with Gasteiger partial charge in [0.2, 0.25) is 5.91 Å². The van der Waals surface area contributed by atoms with E-state index in [4.69, 9.17) is 4.52 Å². The fourth-order valence-corrected chi connectivity index (χ4v) is 3.34. The van der Waals surface area contributed by atoms with Crippen molar-refractivity contribution < 1.29 is 18.1 Å². The molecule has 1 saturated heterocycles. The Balaban J connectivity index is 1.50. The summed E-state index contributed by atoms with van der Waals surface area (Å²) in [6, 6.07) is 11.0. The van der Waals surface area contributed by atoms with E-state index in [2.05, 4.69) is 10.1 Å². The predicted octanol–water partition coefficient (Wildman–Crippen LogP) is 3.84. The van der Waals surface area contributed by atoms with Crippen LogP contribution in [0.4, 0.5) is 8.78 Å². The number of benzene rings is 2. The Morgan fingerprint density at radius 1 is 1.19 bits per heavy atom. The lowest BCUT2D eigenvalue weighted by molar-refractivity contribution is -0.128. The number of hydrogen-bond donors (Lipinski definition) is 0. The zero-order valence-corrected chi connectivity index (χ0v) is 14.7. The Labute approximate surface area is 154 Å². The van der Waals surface area contributed by atoms with Crippen molar-refractivity contribution in [3.05, 3.63) is 71.1 Å². The van der Waals surface area contributed by atoms with Crippen LogP contribution in [0.1, 0.15) is 29.3 Å². The van der Waals surface area contributed by atoms with Gasteiger partial charge in [-0.3, -0.25) is 4.79 Å². The van der Waals surface area contributed by atoms with Gasteiger partial charge in [0, 0.05) is 37.1 Å². The van der Waals surface area contributed by atoms with Crippen LogP contribution < -0.4 is 0 Å². The molecule has 0 radical (unpaired) electrons. The van der Waals surface area contributed by atoms with Crippen molar-refractivity contribution in [2.24, 2.45) is 0 Å². The normalized spacial score (nSPS) is 16.9. The van der Waals surface area contributed by atoms with Crippen molar-refractivity contribution in [2.45, 2.75) is 25.8 Å². The van der Waals surface area contributed by atoms with Crippen LogP contribution in [-0.2, 0) is 11.3 Å². The molecule has 138 valence electrons. The molecule has 1 aliphatic rings. The standard InChI is InChI=1S/C20H17F2N3O2/c1-12-4-2-3-5-17(12)20-23-19(24-27-20)14-8-18(26)25(11-14)10-13-6-15(21)9-16(22)7-13/h2-7,9,14H,8,10-11H2,1H3. The van der Waals surface area contributed by atoms with Crippen LogP contribution in [0.5, 0.6) is 0 Å². The first-order chi connectivity index (χ1) is 13.0. The van der Waals surface area contributed by atoms with Crippen molar-refractivity contribution in [3.63, 3.8) is 0 Å². The highest BCUT2D eigenvalue weighted by Crippen LogP contribution is 2.30. The molecule has 5 nitrogen and oxygen atoms in total. The van der Waals surface area contributed by atoms with E-state index in [1.807, 2.05) is 31.2 Å². The number of aryl methyl sites for hydroxylation is 1. The zero-order chi connectivity index (χ0) is 19.0. The smallest absolute Gasteiger partial charge is 0.258 e. The molecule has 1 fully saturated rings. The second-order valence-corrected chi connectivity index (χ2v) is 6.73. The van der Waals surface area contributed by atoms with Crippen LogP contribution in [0, 0.1) is 18.6 Å². The second kappa shape index (κ2) is 6.90. The molecule has 0 bridgehead atoms. The molecule has 1 amide bonds. The van der Waals surface area contributed by atoms with Gasteiger partial charge in [-0.15, -0.1) is 0 Å². The summed E-state index contributed by atoms with van der Waals surface area (Å²) in [6.45, 7) is 2.48. The number of rotatable bonds is 4. The molecule has 2 aromatic carbocycles. The third-order valence-electron chi connectivity index (χ3n) is 4.69. The molecule has 1 aliphatic heterocycles. The lowest BCUT2D eigenvalue weighted by Gasteiger charge is -2.16. The second-order valence-electron chi connectivity index (χ2n) is 6.73. The molecular weight excluding hydrogens is 352 g/mol. The Bertz CT molecular complexity index is 982. The van der Waals surface area contributed by atoms with Crippen molar-refractivity contribution in [1.29, 1.82) is 0 Å². The van der Waals surface area contributed by atoms with Crippen LogP contribution in [0.15, 0.2) is 47.0 Å². The predicted molar refractivity (Wildman–Crippen MR) is 93.6 cm³/mol. The average molecular weight is 369 g/mol. The van der Waals surface area contributed by atoms with E-state index in [9.17, 15) is 13.6 Å². The number of halogens is 2. The zero-order valence-electron chi connectivity index (χ0n) is 14.7. The van der Waals surface area contributed by atoms with Gasteiger partial charge in [-0.25, -0.2) is 8.78 Å². The highest BCUT2D eigenvalue weighted by atomic mass is 19.1. The van der Waals surface area contributed by atoms with Gasteiger partial charge in [-0.2, -0.15) is 4.98 Å². The minimum absolute atomic E-state index is 0.105. The van der Waals surface area contributed by atoms with E-state index in [0.29, 0.717) is 23.8 Å². The summed E-state index contributed by atoms with van der Waals surface area (Å²) in [4.78, 5) is 18.3. The average Bonchev–Trinajstić information content (AvgIpc) is 3.22. The number of nitrogens with zero attached hydrogens (tertiary/aromatic N) is 3. The van der Waals surface area contributed by atoms with E-state index in [1.165, 1.54) is 12.1 Å². The first-order valence-corrected chi connectivity index (χ1v) is 8.62. The molecule has 4 rings (SSSR count). The minimum atomic E-state index is -0.658. The Morgan fingerprint density at radius 2 is 1.93 bits per heavy atom. The molecule has 2 heterocycles. The maximum atomic E-state index is 13.4. The topological polar surface area (TPSA) is 59.2 Å². The van der Waals surface area contributed by atoms with Crippen molar-refractivity contribution in [3.8, 4) is 11.5 Å². The molecule has 1 aromatic heterocycles. The van der Waals surface area contributed by atoms with Gasteiger partial charge in [0.05, 0.1) is 0 Å². The van der Waals surface area contributed by atoms with E-state index in [1.54, 1.807) is 4.90 Å². The quantitative estimate of drug-likeness (QED) is 0.701. The lowest BCUT2D eigenvalue weighted by atomic mass is 10.1. The summed E-state index contributed by atoms with van der Waals surface area (Å²) in [7, 11) is 0. The summed E-state index contributed by atoms with van der Waals surface area (Å²) >= 11 is 0. The summed E-state index contributed by atoms with van der Waals surface area (Å²) in [5, 5.41) is 4.03. The molecular formula is C20H17F2N3O2. The van der Waals surface area contributed by atoms with Gasteiger partial charge in [0.25, 0.3) is 5.89 Å². The van der Waals surface area contributed by atoms with Crippen LogP contribution >= 0.6 is 0 Å². The summed E-state index contributed by atoms with van der Waals surface area (Å²) < 4.78 is 32.1. The first-order valence-electron chi connectivity index (χ1n) is 8.62. The van der Waals surface area contributed by atoms with E-state index in [0.717, 1.165) is 17.2 Å². The lowest BCUT2D eigenvalue weighted by Crippen LogP contribution is -2.24. The van der Waals surface area contributed by atoms with Crippen LogP contribution in [0.3, 0.4) is 0 Å². The van der Waals surface area contributed by atoms with Gasteiger partial charge in [-0.1, -0.05) is 23.4 Å². The fourth-order valence-electron chi connectivity index (χ4n) is 3.34. The molecule has 0 aliphatic carbocycles. The van der Waals surface area contributed by atoms with Gasteiger partial charge in [0.15, 0.2) is 5.82 Å². The highest BCUT2D eigenvalue weighted by molar-refractivity contribution is 5.79. The number of carbonyl (C=O) groups excluding carboxylic acids is 1. The SMILES string of the molecule is Cc1ccccc1-c1nc(C2CC(=O)N(Cc3cc(F)cc(F)c3)C2)no1. The molecule has 0 N–H and O–H groups in total. The van der Waals surface area contributed by atoms with Gasteiger partial charge < -0.3 is 9.42 Å². The van der Waals surface area contributed by atoms with Crippen LogP contribution in [0.25, 0.3) is 11.5 Å². The first kappa shape index (κ1) is 17.3. The Hall–Kier alpha value is -3.09. The third kappa shape index (κ3) is 3.58. The van der Waals surface area contributed by atoms with E-state index < -0.39 is 11.6 Å². The van der Waals surface area contributed by atoms with E-state index >= 15 is 0 Å². The van der Waals surface area contributed by atoms with Crippen LogP contribution in [0.2, 0.25) is 0 Å². The molecule has 0 spiro atoms. The number of likely N-dealkylation sites (tertiary alicyclic amines) is 1. The molecule has 7 heteroatoms. The van der Waals surface area contributed by atoms with Gasteiger partial charge >= 0.3 is 0 Å². The number of hydrogen-bond acceptors (Lipinski definition) is 4. The maximum absolute atomic E-state index is 13.4. The number of aromatic nitrogens is 2. The summed E-state index contributed by atoms with van der Waals surface area (Å²) in [6.07, 6.45) is 0.241. The molecule has 1 unspecified atom stereocenters. The molecule has 1 atom stereocenters. The monoisotopic (exact) mass is 369 g/mol. The Kier molecular flexibility index (Phi) is 4.43. The highest BCUT2D eigenvalue weighted by Gasteiger charge is 2.34. The fraction of sp³-hybridized carbons (Fsp3) is 0.250. The summed E-state index contributed by atoms with van der Waals surface area (Å²) in [5.74, 6) is -0.747. The van der Waals surface area contributed by atoms with E-state index in [-0.39, 0.29) is 24.8 Å². The van der Waals surface area contributed by atoms with Crippen LogP contribution in [-0.4, -0.2) is 27.5 Å². The molecule has 27 heavy (non-hydrogen) atoms. The maximum Gasteiger partial charge on any atom is 0.258 e. The molecule has 3 aromatic rings. The largest absolute Gasteiger partial charge is 0.338 e. The minimum Gasteiger partial charge on any atom is -0.338 e. The third-order valence-corrected chi connectivity index (χ3v) is 4.69. The van der Waals surface area contributed by atoms with Crippen molar-refractivity contribution >= 4 is 5.91 Å².